The fourth-order valence-corrected chi connectivity index (χ4v) is 2.99. The van der Waals surface area contributed by atoms with Crippen LogP contribution in [0.1, 0.15) is 52.2 Å². The van der Waals surface area contributed by atoms with E-state index in [1.165, 1.54) is 0 Å². The van der Waals surface area contributed by atoms with Crippen LogP contribution in [0.15, 0.2) is 60.7 Å². The van der Waals surface area contributed by atoms with Crippen LogP contribution in [0, 0.1) is 0 Å². The molecule has 0 radical (unpaired) electrons. The van der Waals surface area contributed by atoms with Crippen molar-refractivity contribution in [3.05, 3.63) is 71.8 Å². The van der Waals surface area contributed by atoms with Crippen LogP contribution in [0.4, 0.5) is 4.79 Å². The summed E-state index contributed by atoms with van der Waals surface area (Å²) in [6.07, 6.45) is 0.216. The number of amides is 2. The van der Waals surface area contributed by atoms with E-state index >= 15 is 0 Å². The Morgan fingerprint density at radius 1 is 0.848 bits per heavy atom. The Hall–Kier alpha value is -3.35. The van der Waals surface area contributed by atoms with Gasteiger partial charge >= 0.3 is 12.1 Å². The number of aryl methyl sites for hydroxylation is 1. The van der Waals surface area contributed by atoms with Crippen LogP contribution in [0.25, 0.3) is 0 Å². The standard InChI is InChI=1S/C26H34N2O5/c1-25(2,3)33-24(31)28-26(4,5)23(30)27-21(17-16-19-12-8-6-9-13-19)22(29)32-18-20-14-10-7-11-15-20/h6-15,21H,16-18H2,1-5H3,(H,27,30)(H,28,31). The summed E-state index contributed by atoms with van der Waals surface area (Å²) in [5, 5.41) is 5.31. The number of rotatable bonds is 9. The first-order valence-corrected chi connectivity index (χ1v) is 11.0. The minimum Gasteiger partial charge on any atom is -0.459 e. The lowest BCUT2D eigenvalue weighted by molar-refractivity contribution is -0.149. The van der Waals surface area contributed by atoms with Crippen LogP contribution in [-0.4, -0.2) is 35.2 Å². The van der Waals surface area contributed by atoms with Gasteiger partial charge in [0.1, 0.15) is 23.8 Å². The van der Waals surface area contributed by atoms with Gasteiger partial charge in [0, 0.05) is 0 Å². The quantitative estimate of drug-likeness (QED) is 0.555. The number of hydrogen-bond donors (Lipinski definition) is 2. The van der Waals surface area contributed by atoms with E-state index in [-0.39, 0.29) is 6.61 Å². The molecule has 2 aromatic rings. The first-order chi connectivity index (χ1) is 15.5. The summed E-state index contributed by atoms with van der Waals surface area (Å²) in [4.78, 5) is 38.0. The number of carbonyl (C=O) groups excluding carboxylic acids is 3. The molecule has 0 saturated carbocycles. The lowest BCUT2D eigenvalue weighted by Crippen LogP contribution is -2.58. The van der Waals surface area contributed by atoms with Crippen LogP contribution in [-0.2, 0) is 32.1 Å². The molecule has 0 saturated heterocycles. The van der Waals surface area contributed by atoms with Crippen LogP contribution in [0.5, 0.6) is 0 Å². The molecule has 178 valence electrons. The topological polar surface area (TPSA) is 93.7 Å². The summed E-state index contributed by atoms with van der Waals surface area (Å²) in [5.41, 5.74) is -0.104. The van der Waals surface area contributed by atoms with Gasteiger partial charge < -0.3 is 20.1 Å². The summed E-state index contributed by atoms with van der Waals surface area (Å²) in [7, 11) is 0. The van der Waals surface area contributed by atoms with Gasteiger partial charge in [-0.1, -0.05) is 60.7 Å². The highest BCUT2D eigenvalue weighted by molar-refractivity contribution is 5.92. The zero-order valence-electron chi connectivity index (χ0n) is 20.0. The fourth-order valence-electron chi connectivity index (χ4n) is 2.99. The second kappa shape index (κ2) is 11.5. The molecule has 1 unspecified atom stereocenters. The number of nitrogens with one attached hydrogen (secondary N) is 2. The Kier molecular flexibility index (Phi) is 9.02. The number of alkyl carbamates (subject to hydrolysis) is 1. The summed E-state index contributed by atoms with van der Waals surface area (Å²) in [6, 6.07) is 18.1. The van der Waals surface area contributed by atoms with E-state index in [2.05, 4.69) is 10.6 Å². The smallest absolute Gasteiger partial charge is 0.408 e. The molecule has 0 bridgehead atoms. The molecular formula is C26H34N2O5. The SMILES string of the molecule is CC(C)(C)OC(=O)NC(C)(C)C(=O)NC(CCc1ccccc1)C(=O)OCc1ccccc1. The largest absolute Gasteiger partial charge is 0.459 e. The Morgan fingerprint density at radius 2 is 1.39 bits per heavy atom. The molecule has 7 heteroatoms. The van der Waals surface area contributed by atoms with Gasteiger partial charge in [-0.15, -0.1) is 0 Å². The summed E-state index contributed by atoms with van der Waals surface area (Å²) in [5.74, 6) is -1.04. The third kappa shape index (κ3) is 9.35. The summed E-state index contributed by atoms with van der Waals surface area (Å²) < 4.78 is 10.7. The second-order valence-corrected chi connectivity index (χ2v) is 9.40. The van der Waals surface area contributed by atoms with Crippen molar-refractivity contribution < 1.29 is 23.9 Å². The van der Waals surface area contributed by atoms with Crippen LogP contribution in [0.3, 0.4) is 0 Å². The molecule has 2 amide bonds. The first kappa shape index (κ1) is 25.9. The van der Waals surface area contributed by atoms with Gasteiger partial charge in [0.2, 0.25) is 5.91 Å². The third-order valence-electron chi connectivity index (χ3n) is 4.76. The Labute approximate surface area is 195 Å². The van der Waals surface area contributed by atoms with Gasteiger partial charge in [0.15, 0.2) is 0 Å². The van der Waals surface area contributed by atoms with Gasteiger partial charge in [0.25, 0.3) is 0 Å². The lowest BCUT2D eigenvalue weighted by Gasteiger charge is -2.29. The van der Waals surface area contributed by atoms with Crippen molar-refractivity contribution in [1.82, 2.24) is 10.6 Å². The van der Waals surface area contributed by atoms with Crippen molar-refractivity contribution in [2.45, 2.75) is 71.2 Å². The molecule has 2 aromatic carbocycles. The molecule has 0 fully saturated rings. The number of hydrogen-bond acceptors (Lipinski definition) is 5. The fraction of sp³-hybridized carbons (Fsp3) is 0.423. The molecule has 0 aliphatic rings. The molecule has 0 spiro atoms. The van der Waals surface area contributed by atoms with Crippen molar-refractivity contribution in [2.75, 3.05) is 0 Å². The minimum absolute atomic E-state index is 0.108. The lowest BCUT2D eigenvalue weighted by atomic mass is 10.0. The average molecular weight is 455 g/mol. The van der Waals surface area contributed by atoms with Crippen molar-refractivity contribution in [3.63, 3.8) is 0 Å². The van der Waals surface area contributed by atoms with E-state index in [0.29, 0.717) is 12.8 Å². The minimum atomic E-state index is -1.30. The molecule has 2 rings (SSSR count). The van der Waals surface area contributed by atoms with E-state index in [1.54, 1.807) is 34.6 Å². The summed E-state index contributed by atoms with van der Waals surface area (Å²) in [6.45, 7) is 8.43. The van der Waals surface area contributed by atoms with E-state index < -0.39 is 35.2 Å². The third-order valence-corrected chi connectivity index (χ3v) is 4.76. The normalized spacial score (nSPS) is 12.4. The van der Waals surface area contributed by atoms with Crippen LogP contribution >= 0.6 is 0 Å². The van der Waals surface area contributed by atoms with Gasteiger partial charge in [-0.2, -0.15) is 0 Å². The Bertz CT molecular complexity index is 921. The van der Waals surface area contributed by atoms with Crippen molar-refractivity contribution in [2.24, 2.45) is 0 Å². The van der Waals surface area contributed by atoms with Crippen molar-refractivity contribution in [3.8, 4) is 0 Å². The maximum atomic E-state index is 13.0. The van der Waals surface area contributed by atoms with Crippen LogP contribution < -0.4 is 10.6 Å². The maximum absolute atomic E-state index is 13.0. The van der Waals surface area contributed by atoms with E-state index in [1.807, 2.05) is 60.7 Å². The Balaban J connectivity index is 2.06. The molecule has 33 heavy (non-hydrogen) atoms. The van der Waals surface area contributed by atoms with E-state index in [9.17, 15) is 14.4 Å². The molecule has 1 atom stereocenters. The van der Waals surface area contributed by atoms with Crippen molar-refractivity contribution >= 4 is 18.0 Å². The predicted molar refractivity (Wildman–Crippen MR) is 126 cm³/mol. The molecule has 2 N–H and O–H groups in total. The first-order valence-electron chi connectivity index (χ1n) is 11.0. The molecule has 0 aliphatic heterocycles. The van der Waals surface area contributed by atoms with Gasteiger partial charge in [0.05, 0.1) is 0 Å². The number of benzene rings is 2. The highest BCUT2D eigenvalue weighted by atomic mass is 16.6. The van der Waals surface area contributed by atoms with Gasteiger partial charge in [-0.05, 0) is 58.6 Å². The molecular weight excluding hydrogens is 420 g/mol. The van der Waals surface area contributed by atoms with Gasteiger partial charge in [-0.25, -0.2) is 9.59 Å². The van der Waals surface area contributed by atoms with E-state index in [0.717, 1.165) is 11.1 Å². The monoisotopic (exact) mass is 454 g/mol. The molecule has 0 aromatic heterocycles. The maximum Gasteiger partial charge on any atom is 0.408 e. The molecule has 0 heterocycles. The summed E-state index contributed by atoms with van der Waals surface area (Å²) >= 11 is 0. The van der Waals surface area contributed by atoms with E-state index in [4.69, 9.17) is 9.47 Å². The van der Waals surface area contributed by atoms with Gasteiger partial charge in [-0.3, -0.25) is 4.79 Å². The average Bonchev–Trinajstić information content (AvgIpc) is 2.74. The molecule has 7 nitrogen and oxygen atoms in total. The molecule has 0 aliphatic carbocycles. The zero-order valence-corrected chi connectivity index (χ0v) is 20.0. The highest BCUT2D eigenvalue weighted by Crippen LogP contribution is 2.12. The number of esters is 1. The number of ether oxygens (including phenoxy) is 2. The second-order valence-electron chi connectivity index (χ2n) is 9.40. The predicted octanol–water partition coefficient (Wildman–Crippen LogP) is 4.15. The van der Waals surface area contributed by atoms with Crippen LogP contribution in [0.2, 0.25) is 0 Å². The highest BCUT2D eigenvalue weighted by Gasteiger charge is 2.34. The number of carbonyl (C=O) groups is 3. The zero-order chi connectivity index (χ0) is 24.5. The Morgan fingerprint density at radius 3 is 1.94 bits per heavy atom. The van der Waals surface area contributed by atoms with Crippen molar-refractivity contribution in [1.29, 1.82) is 0 Å².